The van der Waals surface area contributed by atoms with E-state index >= 15 is 0 Å². The SMILES string of the molecule is O=C(NCCNC(=O)C1CCC(c2nnc(-c3ccccc3)[nH]2)CC1)c1cn(-c2ccccc2)nc1C(F)(F)F. The Kier molecular flexibility index (Phi) is 7.94. The molecule has 2 aromatic heterocycles. The first-order valence-corrected chi connectivity index (χ1v) is 13.1. The number of aromatic amines is 1. The van der Waals surface area contributed by atoms with E-state index < -0.39 is 23.3 Å². The van der Waals surface area contributed by atoms with Crippen LogP contribution < -0.4 is 10.6 Å². The van der Waals surface area contributed by atoms with Gasteiger partial charge in [-0.05, 0) is 37.8 Å². The van der Waals surface area contributed by atoms with Gasteiger partial charge in [-0.25, -0.2) is 4.68 Å². The maximum atomic E-state index is 13.5. The molecule has 0 spiro atoms. The molecule has 2 amide bonds. The molecular weight excluding hydrogens is 523 g/mol. The van der Waals surface area contributed by atoms with Crippen molar-refractivity contribution in [2.45, 2.75) is 37.8 Å². The molecule has 9 nitrogen and oxygen atoms in total. The van der Waals surface area contributed by atoms with Crippen LogP contribution in [0.3, 0.4) is 0 Å². The van der Waals surface area contributed by atoms with Crippen LogP contribution in [-0.2, 0) is 11.0 Å². The number of nitrogens with one attached hydrogen (secondary N) is 3. The fraction of sp³-hybridized carbons (Fsp3) is 0.321. The van der Waals surface area contributed by atoms with Crippen LogP contribution in [0.25, 0.3) is 17.1 Å². The number of carbonyl (C=O) groups is 2. The quantitative estimate of drug-likeness (QED) is 0.279. The van der Waals surface area contributed by atoms with Crippen LogP contribution in [0.5, 0.6) is 0 Å². The molecule has 0 atom stereocenters. The molecule has 2 heterocycles. The lowest BCUT2D eigenvalue weighted by molar-refractivity contribution is -0.141. The van der Waals surface area contributed by atoms with Crippen molar-refractivity contribution in [2.75, 3.05) is 13.1 Å². The molecule has 1 fully saturated rings. The summed E-state index contributed by atoms with van der Waals surface area (Å²) in [6.45, 7) is 0.0786. The van der Waals surface area contributed by atoms with Crippen molar-refractivity contribution in [3.63, 3.8) is 0 Å². The number of carbonyl (C=O) groups excluding carboxylic acids is 2. The number of para-hydroxylation sites is 1. The van der Waals surface area contributed by atoms with E-state index in [0.29, 0.717) is 24.4 Å². The Morgan fingerprint density at radius 1 is 0.900 bits per heavy atom. The van der Waals surface area contributed by atoms with Gasteiger partial charge in [0.15, 0.2) is 11.5 Å². The van der Waals surface area contributed by atoms with Gasteiger partial charge in [-0.2, -0.15) is 18.3 Å². The van der Waals surface area contributed by atoms with E-state index in [9.17, 15) is 22.8 Å². The monoisotopic (exact) mass is 551 g/mol. The number of aromatic nitrogens is 5. The number of hydrogen-bond donors (Lipinski definition) is 3. The number of alkyl halides is 3. The fourth-order valence-corrected chi connectivity index (χ4v) is 4.88. The lowest BCUT2D eigenvalue weighted by Gasteiger charge is -2.26. The predicted molar refractivity (Wildman–Crippen MR) is 140 cm³/mol. The van der Waals surface area contributed by atoms with Crippen LogP contribution in [0.4, 0.5) is 13.2 Å². The summed E-state index contributed by atoms with van der Waals surface area (Å²) in [4.78, 5) is 28.5. The van der Waals surface area contributed by atoms with Gasteiger partial charge in [0.2, 0.25) is 5.91 Å². The lowest BCUT2D eigenvalue weighted by atomic mass is 9.81. The van der Waals surface area contributed by atoms with Gasteiger partial charge in [-0.1, -0.05) is 48.5 Å². The van der Waals surface area contributed by atoms with Gasteiger partial charge >= 0.3 is 6.18 Å². The van der Waals surface area contributed by atoms with Gasteiger partial charge in [0.1, 0.15) is 5.82 Å². The number of nitrogens with zero attached hydrogens (tertiary/aromatic N) is 4. The Labute approximate surface area is 228 Å². The molecule has 0 saturated heterocycles. The second kappa shape index (κ2) is 11.7. The van der Waals surface area contributed by atoms with Crippen molar-refractivity contribution in [1.29, 1.82) is 0 Å². The smallest absolute Gasteiger partial charge is 0.354 e. The Bertz CT molecular complexity index is 1440. The molecule has 1 aliphatic rings. The van der Waals surface area contributed by atoms with E-state index in [1.165, 1.54) is 0 Å². The van der Waals surface area contributed by atoms with Crippen molar-refractivity contribution in [3.8, 4) is 17.1 Å². The number of halogens is 3. The zero-order chi connectivity index (χ0) is 28.1. The molecule has 12 heteroatoms. The van der Waals surface area contributed by atoms with Gasteiger partial charge in [0.25, 0.3) is 5.91 Å². The van der Waals surface area contributed by atoms with Gasteiger partial charge < -0.3 is 15.6 Å². The maximum absolute atomic E-state index is 13.5. The van der Waals surface area contributed by atoms with Crippen molar-refractivity contribution in [2.24, 2.45) is 5.92 Å². The highest BCUT2D eigenvalue weighted by Gasteiger charge is 2.39. The number of rotatable bonds is 8. The number of hydrogen-bond acceptors (Lipinski definition) is 5. The molecule has 4 aromatic rings. The molecule has 0 bridgehead atoms. The van der Waals surface area contributed by atoms with E-state index in [2.05, 4.69) is 30.9 Å². The van der Waals surface area contributed by atoms with Crippen molar-refractivity contribution >= 4 is 11.8 Å². The van der Waals surface area contributed by atoms with Crippen LogP contribution in [0.1, 0.15) is 53.5 Å². The summed E-state index contributed by atoms with van der Waals surface area (Å²) >= 11 is 0. The van der Waals surface area contributed by atoms with Crippen LogP contribution >= 0.6 is 0 Å². The highest BCUT2D eigenvalue weighted by atomic mass is 19.4. The molecule has 5 rings (SSSR count). The molecule has 0 aliphatic heterocycles. The van der Waals surface area contributed by atoms with E-state index in [4.69, 9.17) is 0 Å². The summed E-state index contributed by atoms with van der Waals surface area (Å²) in [7, 11) is 0. The minimum atomic E-state index is -4.80. The van der Waals surface area contributed by atoms with Gasteiger partial charge in [-0.15, -0.1) is 10.2 Å². The van der Waals surface area contributed by atoms with Crippen molar-refractivity contribution < 1.29 is 22.8 Å². The summed E-state index contributed by atoms with van der Waals surface area (Å²) in [5.74, 6) is 0.494. The van der Waals surface area contributed by atoms with Gasteiger partial charge in [0, 0.05) is 36.7 Å². The van der Waals surface area contributed by atoms with Crippen LogP contribution in [-0.4, -0.2) is 49.9 Å². The normalized spacial score (nSPS) is 17.4. The Balaban J connectivity index is 1.09. The summed E-state index contributed by atoms with van der Waals surface area (Å²) in [6, 6.07) is 18.0. The van der Waals surface area contributed by atoms with E-state index in [0.717, 1.165) is 35.1 Å². The average molecular weight is 552 g/mol. The number of benzene rings is 2. The molecule has 0 unspecified atom stereocenters. The number of H-pyrrole nitrogens is 1. The van der Waals surface area contributed by atoms with E-state index in [1.807, 2.05) is 30.3 Å². The van der Waals surface area contributed by atoms with Gasteiger partial charge in [0.05, 0.1) is 11.3 Å². The Morgan fingerprint density at radius 2 is 1.55 bits per heavy atom. The van der Waals surface area contributed by atoms with Crippen LogP contribution in [0, 0.1) is 5.92 Å². The lowest BCUT2D eigenvalue weighted by Crippen LogP contribution is -2.38. The van der Waals surface area contributed by atoms with E-state index in [-0.39, 0.29) is 30.8 Å². The molecule has 1 aliphatic carbocycles. The highest BCUT2D eigenvalue weighted by molar-refractivity contribution is 5.95. The van der Waals surface area contributed by atoms with Gasteiger partial charge in [-0.3, -0.25) is 9.59 Å². The first-order valence-electron chi connectivity index (χ1n) is 13.1. The fourth-order valence-electron chi connectivity index (χ4n) is 4.88. The third-order valence-corrected chi connectivity index (χ3v) is 6.99. The number of amides is 2. The molecule has 2 aromatic carbocycles. The first-order chi connectivity index (χ1) is 19.3. The molecule has 208 valence electrons. The highest BCUT2D eigenvalue weighted by Crippen LogP contribution is 2.35. The second-order valence-corrected chi connectivity index (χ2v) is 9.69. The third kappa shape index (κ3) is 6.22. The van der Waals surface area contributed by atoms with Crippen molar-refractivity contribution in [3.05, 3.63) is 83.9 Å². The molecule has 3 N–H and O–H groups in total. The summed E-state index contributed by atoms with van der Waals surface area (Å²) < 4.78 is 41.6. The minimum absolute atomic E-state index is 0.0198. The summed E-state index contributed by atoms with van der Waals surface area (Å²) in [5.41, 5.74) is -0.490. The third-order valence-electron chi connectivity index (χ3n) is 6.99. The standard InChI is InChI=1S/C28H28F3N7O2/c29-28(30,31)23-22(17-38(37-23)21-9-5-2-6-10-21)27(40)33-16-15-32-26(39)20-13-11-19(12-14-20)25-34-24(35-36-25)18-7-3-1-4-8-18/h1-10,17,19-20H,11-16H2,(H,32,39)(H,33,40)(H,34,35,36). The van der Waals surface area contributed by atoms with E-state index in [1.54, 1.807) is 30.3 Å². The first kappa shape index (κ1) is 27.1. The zero-order valence-corrected chi connectivity index (χ0v) is 21.5. The van der Waals surface area contributed by atoms with Crippen molar-refractivity contribution in [1.82, 2.24) is 35.6 Å². The molecule has 0 radical (unpaired) electrons. The molecular formula is C28H28F3N7O2. The molecule has 1 saturated carbocycles. The maximum Gasteiger partial charge on any atom is 0.435 e. The largest absolute Gasteiger partial charge is 0.435 e. The Hall–Kier alpha value is -4.48. The average Bonchev–Trinajstić information content (AvgIpc) is 3.65. The van der Waals surface area contributed by atoms with Crippen LogP contribution in [0.15, 0.2) is 66.9 Å². The van der Waals surface area contributed by atoms with Crippen LogP contribution in [0.2, 0.25) is 0 Å². The Morgan fingerprint density at radius 3 is 2.23 bits per heavy atom. The predicted octanol–water partition coefficient (Wildman–Crippen LogP) is 4.50. The molecule has 40 heavy (non-hydrogen) atoms. The zero-order valence-electron chi connectivity index (χ0n) is 21.5. The topological polar surface area (TPSA) is 118 Å². The summed E-state index contributed by atoms with van der Waals surface area (Å²) in [6.07, 6.45) is -0.820. The minimum Gasteiger partial charge on any atom is -0.354 e. The second-order valence-electron chi connectivity index (χ2n) is 9.69. The summed E-state index contributed by atoms with van der Waals surface area (Å²) in [5, 5.41) is 17.4.